The van der Waals surface area contributed by atoms with Crippen LogP contribution in [0.1, 0.15) is 66.7 Å². The van der Waals surface area contributed by atoms with Crippen LogP contribution in [0.15, 0.2) is 102 Å². The standard InChI is InChI=1S/C33H40O2/c1-7-13-27-22-24(5)32(34-28(8-2)9-3)30-31(23(4)20-21-33(27,30)6)35-29-18-16-26(17-19-29)25-14-11-10-12-15-25/h7,10-12,14-19,22,24,28H,1,8-9,13,20-21H2,2-6H3. The molecule has 2 unspecified atom stereocenters. The number of benzene rings is 2. The highest BCUT2D eigenvalue weighted by atomic mass is 16.5. The Hall–Kier alpha value is -3.00. The van der Waals surface area contributed by atoms with Crippen LogP contribution in [0.5, 0.6) is 5.75 Å². The number of allylic oxidation sites excluding steroid dienone is 5. The maximum atomic E-state index is 6.75. The highest BCUT2D eigenvalue weighted by Gasteiger charge is 2.45. The van der Waals surface area contributed by atoms with Crippen LogP contribution in [-0.4, -0.2) is 6.10 Å². The van der Waals surface area contributed by atoms with E-state index in [2.05, 4.69) is 95.8 Å². The van der Waals surface area contributed by atoms with E-state index in [1.807, 2.05) is 12.1 Å². The lowest BCUT2D eigenvalue weighted by molar-refractivity contribution is 0.0840. The number of ether oxygens (including phenoxy) is 2. The first-order valence-corrected chi connectivity index (χ1v) is 13.2. The van der Waals surface area contributed by atoms with Crippen LogP contribution in [0.25, 0.3) is 11.1 Å². The minimum Gasteiger partial charge on any atom is -0.494 e. The number of fused-ring (bicyclic) bond motifs is 1. The van der Waals surface area contributed by atoms with Crippen molar-refractivity contribution in [2.45, 2.75) is 72.8 Å². The van der Waals surface area contributed by atoms with Crippen LogP contribution >= 0.6 is 0 Å². The average Bonchev–Trinajstić information content (AvgIpc) is 2.88. The molecule has 4 rings (SSSR count). The van der Waals surface area contributed by atoms with Crippen molar-refractivity contribution in [3.8, 4) is 16.9 Å². The van der Waals surface area contributed by atoms with Gasteiger partial charge in [-0.3, -0.25) is 0 Å². The van der Waals surface area contributed by atoms with Gasteiger partial charge in [-0.2, -0.15) is 0 Å². The predicted octanol–water partition coefficient (Wildman–Crippen LogP) is 9.42. The van der Waals surface area contributed by atoms with Gasteiger partial charge in [0.2, 0.25) is 0 Å². The SMILES string of the molecule is C=CCC1=CC(C)C(OC(CC)CC)=C2C(Oc3ccc(-c4ccccc4)cc3)=C(C)CCC12C. The van der Waals surface area contributed by atoms with Crippen LogP contribution in [-0.2, 0) is 4.74 Å². The van der Waals surface area contributed by atoms with E-state index in [0.29, 0.717) is 0 Å². The second-order valence-electron chi connectivity index (χ2n) is 10.2. The Kier molecular flexibility index (Phi) is 7.69. The second kappa shape index (κ2) is 10.7. The van der Waals surface area contributed by atoms with Crippen LogP contribution < -0.4 is 4.74 Å². The Bertz CT molecular complexity index is 1130. The Balaban J connectivity index is 1.75. The van der Waals surface area contributed by atoms with Gasteiger partial charge >= 0.3 is 0 Å². The molecule has 2 aromatic rings. The van der Waals surface area contributed by atoms with Crippen molar-refractivity contribution >= 4 is 0 Å². The molecule has 2 aliphatic carbocycles. The largest absolute Gasteiger partial charge is 0.494 e. The van der Waals surface area contributed by atoms with E-state index >= 15 is 0 Å². The maximum absolute atomic E-state index is 6.75. The minimum absolute atomic E-state index is 0.110. The van der Waals surface area contributed by atoms with Gasteiger partial charge in [-0.25, -0.2) is 0 Å². The molecule has 2 aromatic carbocycles. The first kappa shape index (κ1) is 25.1. The summed E-state index contributed by atoms with van der Waals surface area (Å²) in [6, 6.07) is 18.9. The Morgan fingerprint density at radius 1 is 1.03 bits per heavy atom. The highest BCUT2D eigenvalue weighted by Crippen LogP contribution is 2.55. The summed E-state index contributed by atoms with van der Waals surface area (Å²) in [5.74, 6) is 3.15. The number of hydrogen-bond donors (Lipinski definition) is 0. The van der Waals surface area contributed by atoms with Gasteiger partial charge in [0, 0.05) is 16.9 Å². The summed E-state index contributed by atoms with van der Waals surface area (Å²) in [7, 11) is 0. The van der Waals surface area contributed by atoms with Gasteiger partial charge in [0.1, 0.15) is 17.3 Å². The van der Waals surface area contributed by atoms with E-state index in [1.165, 1.54) is 27.8 Å². The fourth-order valence-electron chi connectivity index (χ4n) is 5.49. The zero-order chi connectivity index (χ0) is 25.0. The molecule has 0 amide bonds. The first-order valence-electron chi connectivity index (χ1n) is 13.2. The first-order chi connectivity index (χ1) is 16.9. The van der Waals surface area contributed by atoms with E-state index < -0.39 is 0 Å². The van der Waals surface area contributed by atoms with Crippen molar-refractivity contribution in [2.24, 2.45) is 11.3 Å². The summed E-state index contributed by atoms with van der Waals surface area (Å²) in [6.07, 6.45) is 9.62. The maximum Gasteiger partial charge on any atom is 0.133 e. The molecule has 0 saturated carbocycles. The van der Waals surface area contributed by atoms with Crippen LogP contribution in [0.3, 0.4) is 0 Å². The van der Waals surface area contributed by atoms with Crippen molar-refractivity contribution in [1.29, 1.82) is 0 Å². The third kappa shape index (κ3) is 5.03. The van der Waals surface area contributed by atoms with Crippen molar-refractivity contribution in [3.05, 3.63) is 102 Å². The van der Waals surface area contributed by atoms with E-state index in [9.17, 15) is 0 Å². The summed E-state index contributed by atoms with van der Waals surface area (Å²) in [4.78, 5) is 0. The molecule has 0 bridgehead atoms. The molecule has 0 saturated heterocycles. The summed E-state index contributed by atoms with van der Waals surface area (Å²) >= 11 is 0. The zero-order valence-electron chi connectivity index (χ0n) is 22.1. The molecule has 2 nitrogen and oxygen atoms in total. The Labute approximate surface area is 212 Å². The van der Waals surface area contributed by atoms with Crippen molar-refractivity contribution in [2.75, 3.05) is 0 Å². The molecule has 2 atom stereocenters. The molecule has 184 valence electrons. The molecule has 0 aromatic heterocycles. The third-order valence-corrected chi connectivity index (χ3v) is 7.74. The van der Waals surface area contributed by atoms with Crippen molar-refractivity contribution < 1.29 is 9.47 Å². The highest BCUT2D eigenvalue weighted by molar-refractivity contribution is 5.64. The average molecular weight is 469 g/mol. The normalized spacial score (nSPS) is 22.1. The fraction of sp³-hybridized carbons (Fsp3) is 0.394. The summed E-state index contributed by atoms with van der Waals surface area (Å²) in [6.45, 7) is 15.3. The third-order valence-electron chi connectivity index (χ3n) is 7.74. The van der Waals surface area contributed by atoms with Crippen LogP contribution in [0.2, 0.25) is 0 Å². The lowest BCUT2D eigenvalue weighted by Gasteiger charge is -2.45. The fourth-order valence-corrected chi connectivity index (χ4v) is 5.49. The monoisotopic (exact) mass is 468 g/mol. The lowest BCUT2D eigenvalue weighted by atomic mass is 9.62. The minimum atomic E-state index is -0.110. The molecule has 0 heterocycles. The van der Waals surface area contributed by atoms with Crippen LogP contribution in [0.4, 0.5) is 0 Å². The Morgan fingerprint density at radius 3 is 2.31 bits per heavy atom. The van der Waals surface area contributed by atoms with Crippen molar-refractivity contribution in [3.63, 3.8) is 0 Å². The van der Waals surface area contributed by atoms with E-state index in [1.54, 1.807) is 0 Å². The molecule has 2 aliphatic rings. The zero-order valence-corrected chi connectivity index (χ0v) is 22.1. The van der Waals surface area contributed by atoms with E-state index in [4.69, 9.17) is 9.47 Å². The number of rotatable bonds is 9. The van der Waals surface area contributed by atoms with Gasteiger partial charge in [0.15, 0.2) is 0 Å². The summed E-state index contributed by atoms with van der Waals surface area (Å²) in [5.41, 5.74) is 6.26. The smallest absolute Gasteiger partial charge is 0.133 e. The molecular weight excluding hydrogens is 428 g/mol. The quantitative estimate of drug-likeness (QED) is 0.341. The van der Waals surface area contributed by atoms with Gasteiger partial charge in [0.25, 0.3) is 0 Å². The molecule has 0 fully saturated rings. The van der Waals surface area contributed by atoms with E-state index in [-0.39, 0.29) is 17.4 Å². The van der Waals surface area contributed by atoms with Gasteiger partial charge in [0.05, 0.1) is 6.10 Å². The molecular formula is C33H40O2. The van der Waals surface area contributed by atoms with Gasteiger partial charge in [-0.1, -0.05) is 87.9 Å². The summed E-state index contributed by atoms with van der Waals surface area (Å²) < 4.78 is 13.5. The number of hydrogen-bond acceptors (Lipinski definition) is 2. The van der Waals surface area contributed by atoms with Gasteiger partial charge in [-0.15, -0.1) is 6.58 Å². The molecule has 2 heteroatoms. The predicted molar refractivity (Wildman–Crippen MR) is 147 cm³/mol. The summed E-state index contributed by atoms with van der Waals surface area (Å²) in [5, 5.41) is 0. The van der Waals surface area contributed by atoms with Crippen LogP contribution in [0, 0.1) is 11.3 Å². The molecule has 0 spiro atoms. The second-order valence-corrected chi connectivity index (χ2v) is 10.2. The molecule has 35 heavy (non-hydrogen) atoms. The lowest BCUT2D eigenvalue weighted by Crippen LogP contribution is -2.35. The van der Waals surface area contributed by atoms with E-state index in [0.717, 1.165) is 49.4 Å². The Morgan fingerprint density at radius 2 is 1.69 bits per heavy atom. The topological polar surface area (TPSA) is 18.5 Å². The molecule has 0 N–H and O–H groups in total. The molecule has 0 aliphatic heterocycles. The van der Waals surface area contributed by atoms with Gasteiger partial charge in [-0.05, 0) is 67.9 Å². The van der Waals surface area contributed by atoms with Crippen molar-refractivity contribution in [1.82, 2.24) is 0 Å². The van der Waals surface area contributed by atoms with Gasteiger partial charge < -0.3 is 9.47 Å². The molecule has 0 radical (unpaired) electrons.